The lowest BCUT2D eigenvalue weighted by Gasteiger charge is -2.48. The second kappa shape index (κ2) is 7.07. The lowest BCUT2D eigenvalue weighted by Crippen LogP contribution is -2.67. The smallest absolute Gasteiger partial charge is 0.255 e. The molecule has 2 aromatic rings. The second-order valence-corrected chi connectivity index (χ2v) is 7.36. The van der Waals surface area contributed by atoms with Gasteiger partial charge in [-0.25, -0.2) is 0 Å². The number of hydrogen-bond acceptors (Lipinski definition) is 4. The number of hydrogen-bond donors (Lipinski definition) is 0. The quantitative estimate of drug-likeness (QED) is 0.795. The number of pyridine rings is 1. The number of rotatable bonds is 2. The van der Waals surface area contributed by atoms with Gasteiger partial charge in [0.15, 0.2) is 0 Å². The second-order valence-electron chi connectivity index (χ2n) is 7.36. The van der Waals surface area contributed by atoms with Crippen molar-refractivity contribution < 1.29 is 14.4 Å². The Morgan fingerprint density at radius 3 is 2.54 bits per heavy atom. The van der Waals surface area contributed by atoms with Gasteiger partial charge in [0, 0.05) is 38.1 Å². The lowest BCUT2D eigenvalue weighted by molar-refractivity contribution is -0.142. The lowest BCUT2D eigenvalue weighted by atomic mass is 9.91. The van der Waals surface area contributed by atoms with Gasteiger partial charge in [0.2, 0.25) is 11.8 Å². The van der Waals surface area contributed by atoms with Crippen LogP contribution in [0.25, 0.3) is 0 Å². The third-order valence-electron chi connectivity index (χ3n) is 5.60. The number of benzene rings is 1. The molecule has 7 nitrogen and oxygen atoms in total. The first-order valence-electron chi connectivity index (χ1n) is 9.33. The van der Waals surface area contributed by atoms with E-state index in [0.29, 0.717) is 31.6 Å². The molecule has 0 saturated carbocycles. The molecule has 0 N–H and O–H groups in total. The molecular weight excluding hydrogens is 356 g/mol. The number of nitrogens with zero attached hydrogens (tertiary/aromatic N) is 4. The van der Waals surface area contributed by atoms with Crippen LogP contribution in [0, 0.1) is 0 Å². The van der Waals surface area contributed by atoms with Crippen LogP contribution in [0.4, 0.5) is 5.69 Å². The molecule has 0 aliphatic carbocycles. The van der Waals surface area contributed by atoms with E-state index in [0.717, 1.165) is 5.69 Å². The summed E-state index contributed by atoms with van der Waals surface area (Å²) in [5.74, 6) is -0.350. The largest absolute Gasteiger partial charge is 0.336 e. The zero-order valence-corrected chi connectivity index (χ0v) is 15.7. The molecule has 7 heteroatoms. The minimum Gasteiger partial charge on any atom is -0.336 e. The number of piperazine rings is 1. The van der Waals surface area contributed by atoms with Gasteiger partial charge in [0.05, 0.1) is 17.6 Å². The van der Waals surface area contributed by atoms with Gasteiger partial charge in [-0.05, 0) is 30.7 Å². The van der Waals surface area contributed by atoms with E-state index < -0.39 is 5.54 Å². The van der Waals surface area contributed by atoms with E-state index in [2.05, 4.69) is 4.98 Å². The first-order chi connectivity index (χ1) is 13.5. The van der Waals surface area contributed by atoms with Crippen LogP contribution in [-0.2, 0) is 9.59 Å². The van der Waals surface area contributed by atoms with Crippen LogP contribution in [-0.4, -0.2) is 64.2 Å². The summed E-state index contributed by atoms with van der Waals surface area (Å²) in [6, 6.07) is 12.9. The fourth-order valence-electron chi connectivity index (χ4n) is 4.20. The normalized spacial score (nSPS) is 22.0. The number of carbonyl (C=O) groups is 3. The summed E-state index contributed by atoms with van der Waals surface area (Å²) in [6.45, 7) is 2.83. The molecule has 2 aliphatic heterocycles. The van der Waals surface area contributed by atoms with Crippen LogP contribution in [0.3, 0.4) is 0 Å². The predicted molar refractivity (Wildman–Crippen MR) is 104 cm³/mol. The van der Waals surface area contributed by atoms with Crippen molar-refractivity contribution in [2.45, 2.75) is 18.9 Å². The van der Waals surface area contributed by atoms with E-state index in [-0.39, 0.29) is 24.3 Å². The van der Waals surface area contributed by atoms with Gasteiger partial charge in [0.1, 0.15) is 6.54 Å². The summed E-state index contributed by atoms with van der Waals surface area (Å²) in [6.07, 6.45) is 3.82. The Bertz CT molecular complexity index is 902. The van der Waals surface area contributed by atoms with Gasteiger partial charge in [-0.1, -0.05) is 18.2 Å². The van der Waals surface area contributed by atoms with Gasteiger partial charge in [0.25, 0.3) is 5.91 Å². The van der Waals surface area contributed by atoms with E-state index in [1.54, 1.807) is 39.2 Å². The predicted octanol–water partition coefficient (Wildman–Crippen LogP) is 1.56. The number of anilines is 1. The molecule has 2 aliphatic rings. The Kier molecular flexibility index (Phi) is 4.58. The maximum absolute atomic E-state index is 12.9. The minimum absolute atomic E-state index is 0.0269. The number of aromatic nitrogens is 1. The van der Waals surface area contributed by atoms with Crippen LogP contribution in [0.1, 0.15) is 23.7 Å². The molecule has 1 spiro atoms. The average molecular weight is 378 g/mol. The topological polar surface area (TPSA) is 73.8 Å². The molecule has 1 aromatic heterocycles. The van der Waals surface area contributed by atoms with Crippen molar-refractivity contribution in [2.75, 3.05) is 31.1 Å². The summed E-state index contributed by atoms with van der Waals surface area (Å²) in [7, 11) is 0. The van der Waals surface area contributed by atoms with Crippen molar-refractivity contribution >= 4 is 23.4 Å². The van der Waals surface area contributed by atoms with Crippen LogP contribution < -0.4 is 4.90 Å². The summed E-state index contributed by atoms with van der Waals surface area (Å²) < 4.78 is 0. The molecule has 144 valence electrons. The highest BCUT2D eigenvalue weighted by Crippen LogP contribution is 2.35. The number of amides is 3. The van der Waals surface area contributed by atoms with Gasteiger partial charge in [-0.15, -0.1) is 0 Å². The third-order valence-corrected chi connectivity index (χ3v) is 5.60. The third kappa shape index (κ3) is 3.13. The highest BCUT2D eigenvalue weighted by Gasteiger charge is 2.51. The fourth-order valence-corrected chi connectivity index (χ4v) is 4.20. The van der Waals surface area contributed by atoms with E-state index in [1.165, 1.54) is 6.92 Å². The molecule has 28 heavy (non-hydrogen) atoms. The molecule has 2 saturated heterocycles. The average Bonchev–Trinajstić information content (AvgIpc) is 3.14. The Hall–Kier alpha value is -3.22. The molecule has 1 atom stereocenters. The van der Waals surface area contributed by atoms with Gasteiger partial charge < -0.3 is 14.7 Å². The van der Waals surface area contributed by atoms with Crippen LogP contribution in [0.2, 0.25) is 0 Å². The van der Waals surface area contributed by atoms with E-state index >= 15 is 0 Å². The molecule has 3 heterocycles. The highest BCUT2D eigenvalue weighted by atomic mass is 16.2. The summed E-state index contributed by atoms with van der Waals surface area (Å²) in [4.78, 5) is 47.1. The Morgan fingerprint density at radius 2 is 1.86 bits per heavy atom. The van der Waals surface area contributed by atoms with Crippen molar-refractivity contribution in [3.63, 3.8) is 0 Å². The van der Waals surface area contributed by atoms with Crippen LogP contribution >= 0.6 is 0 Å². The Balaban J connectivity index is 1.62. The molecule has 0 radical (unpaired) electrons. The monoisotopic (exact) mass is 378 g/mol. The van der Waals surface area contributed by atoms with Crippen molar-refractivity contribution in [2.24, 2.45) is 0 Å². The highest BCUT2D eigenvalue weighted by molar-refractivity contribution is 5.99. The van der Waals surface area contributed by atoms with E-state index in [9.17, 15) is 14.4 Å². The zero-order chi connectivity index (χ0) is 19.7. The fraction of sp³-hybridized carbons (Fsp3) is 0.333. The molecule has 3 amide bonds. The summed E-state index contributed by atoms with van der Waals surface area (Å²) >= 11 is 0. The maximum atomic E-state index is 12.9. The van der Waals surface area contributed by atoms with Crippen LogP contribution in [0.15, 0.2) is 54.9 Å². The first kappa shape index (κ1) is 18.2. The Labute approximate surface area is 163 Å². The minimum atomic E-state index is -0.576. The molecule has 0 unspecified atom stereocenters. The van der Waals surface area contributed by atoms with Crippen LogP contribution in [0.5, 0.6) is 0 Å². The summed E-state index contributed by atoms with van der Waals surface area (Å²) in [5.41, 5.74) is 0.765. The van der Waals surface area contributed by atoms with Crippen molar-refractivity contribution in [1.82, 2.24) is 14.8 Å². The molecule has 4 rings (SSSR count). The SMILES string of the molecule is CC(=O)N1CC(=O)N(c2ccccc2)C[C@@]12CCN(C(=O)c1cccnc1)C2. The zero-order valence-electron chi connectivity index (χ0n) is 15.7. The van der Waals surface area contributed by atoms with Gasteiger partial charge >= 0.3 is 0 Å². The standard InChI is InChI=1S/C21H22N4O3/c1-16(26)25-13-19(27)24(18-7-3-2-4-8-18)15-21(25)9-11-23(14-21)20(28)17-6-5-10-22-12-17/h2-8,10,12H,9,11,13-15H2,1H3/t21-/m0/s1. The number of para-hydroxylation sites is 1. The van der Waals surface area contributed by atoms with Crippen molar-refractivity contribution in [3.05, 3.63) is 60.4 Å². The van der Waals surface area contributed by atoms with Crippen molar-refractivity contribution in [1.29, 1.82) is 0 Å². The molecular formula is C21H22N4O3. The molecule has 1 aromatic carbocycles. The molecule has 0 bridgehead atoms. The molecule has 2 fully saturated rings. The van der Waals surface area contributed by atoms with Gasteiger partial charge in [-0.3, -0.25) is 19.4 Å². The van der Waals surface area contributed by atoms with E-state index in [4.69, 9.17) is 0 Å². The summed E-state index contributed by atoms with van der Waals surface area (Å²) in [5, 5.41) is 0. The van der Waals surface area contributed by atoms with E-state index in [1.807, 2.05) is 30.3 Å². The first-order valence-corrected chi connectivity index (χ1v) is 9.33. The maximum Gasteiger partial charge on any atom is 0.255 e. The Morgan fingerprint density at radius 1 is 1.07 bits per heavy atom. The van der Waals surface area contributed by atoms with Crippen molar-refractivity contribution in [3.8, 4) is 0 Å². The van der Waals surface area contributed by atoms with Gasteiger partial charge in [-0.2, -0.15) is 0 Å². The number of carbonyl (C=O) groups excluding carboxylic acids is 3. The number of likely N-dealkylation sites (tertiary alicyclic amines) is 1.